The van der Waals surface area contributed by atoms with Crippen LogP contribution in [-0.2, 0) is 4.74 Å². The maximum absolute atomic E-state index is 14.0. The lowest BCUT2D eigenvalue weighted by atomic mass is 10.1. The smallest absolute Gasteiger partial charge is 0.337 e. The summed E-state index contributed by atoms with van der Waals surface area (Å²) < 4.78 is 23.8. The second kappa shape index (κ2) is 6.38. The maximum Gasteiger partial charge on any atom is 0.337 e. The number of rotatable bonds is 3. The van der Waals surface area contributed by atoms with E-state index in [9.17, 15) is 9.18 Å². The SMILES string of the molecule is COC(=O)c1ccc(Oc2cccc(C#N)c2C#N)c(F)c1. The summed E-state index contributed by atoms with van der Waals surface area (Å²) in [5.41, 5.74) is 0.187. The first kappa shape index (κ1) is 15.0. The second-order valence-electron chi connectivity index (χ2n) is 4.14. The quantitative estimate of drug-likeness (QED) is 0.812. The van der Waals surface area contributed by atoms with Crippen molar-refractivity contribution >= 4 is 5.97 Å². The van der Waals surface area contributed by atoms with Crippen LogP contribution < -0.4 is 4.74 Å². The molecule has 0 aromatic heterocycles. The van der Waals surface area contributed by atoms with Crippen LogP contribution in [0.5, 0.6) is 11.5 Å². The molecule has 5 nitrogen and oxygen atoms in total. The molecule has 0 radical (unpaired) electrons. The van der Waals surface area contributed by atoms with Gasteiger partial charge in [0.2, 0.25) is 0 Å². The lowest BCUT2D eigenvalue weighted by Gasteiger charge is -2.09. The van der Waals surface area contributed by atoms with E-state index in [1.807, 2.05) is 12.1 Å². The molecule has 0 bridgehead atoms. The molecule has 6 heteroatoms. The van der Waals surface area contributed by atoms with Gasteiger partial charge in [-0.15, -0.1) is 0 Å². The highest BCUT2D eigenvalue weighted by Gasteiger charge is 2.14. The summed E-state index contributed by atoms with van der Waals surface area (Å²) in [5.74, 6) is -1.56. The van der Waals surface area contributed by atoms with Gasteiger partial charge >= 0.3 is 5.97 Å². The van der Waals surface area contributed by atoms with Crippen LogP contribution in [-0.4, -0.2) is 13.1 Å². The first-order valence-electron chi connectivity index (χ1n) is 6.09. The van der Waals surface area contributed by atoms with Crippen molar-refractivity contribution in [1.29, 1.82) is 10.5 Å². The molecule has 108 valence electrons. The molecule has 2 aromatic rings. The molecule has 0 fully saturated rings. The number of hydrogen-bond acceptors (Lipinski definition) is 5. The van der Waals surface area contributed by atoms with Gasteiger partial charge in [0.05, 0.1) is 18.2 Å². The minimum atomic E-state index is -0.783. The van der Waals surface area contributed by atoms with E-state index in [0.717, 1.165) is 6.07 Å². The molecule has 0 unspecified atom stereocenters. The van der Waals surface area contributed by atoms with Crippen LogP contribution in [0, 0.1) is 28.5 Å². The minimum absolute atomic E-state index is 0.0152. The number of halogens is 1. The van der Waals surface area contributed by atoms with Crippen LogP contribution in [0.2, 0.25) is 0 Å². The Kier molecular flexibility index (Phi) is 4.36. The third-order valence-corrected chi connectivity index (χ3v) is 2.83. The number of hydrogen-bond donors (Lipinski definition) is 0. The van der Waals surface area contributed by atoms with Crippen LogP contribution in [0.15, 0.2) is 36.4 Å². The fourth-order valence-electron chi connectivity index (χ4n) is 1.77. The number of nitrogens with zero attached hydrogens (tertiary/aromatic N) is 2. The number of carbonyl (C=O) groups is 1. The van der Waals surface area contributed by atoms with Gasteiger partial charge in [-0.2, -0.15) is 10.5 Å². The molecule has 0 aliphatic rings. The van der Waals surface area contributed by atoms with E-state index in [-0.39, 0.29) is 28.2 Å². The predicted molar refractivity (Wildman–Crippen MR) is 73.7 cm³/mol. The summed E-state index contributed by atoms with van der Waals surface area (Å²) in [5, 5.41) is 18.0. The third-order valence-electron chi connectivity index (χ3n) is 2.83. The van der Waals surface area contributed by atoms with Gasteiger partial charge in [-0.25, -0.2) is 9.18 Å². The van der Waals surface area contributed by atoms with Crippen molar-refractivity contribution in [2.45, 2.75) is 0 Å². The summed E-state index contributed by atoms with van der Waals surface area (Å²) in [6.45, 7) is 0. The number of methoxy groups -OCH3 is 1. The Hall–Kier alpha value is -3.38. The van der Waals surface area contributed by atoms with Gasteiger partial charge in [0.15, 0.2) is 11.6 Å². The molecule has 2 aromatic carbocycles. The van der Waals surface area contributed by atoms with Gasteiger partial charge in [-0.3, -0.25) is 0 Å². The van der Waals surface area contributed by atoms with Gasteiger partial charge in [-0.1, -0.05) is 6.07 Å². The fraction of sp³-hybridized carbons (Fsp3) is 0.0625. The Morgan fingerprint density at radius 3 is 2.50 bits per heavy atom. The molecule has 2 rings (SSSR count). The van der Waals surface area contributed by atoms with Gasteiger partial charge in [0.25, 0.3) is 0 Å². The minimum Gasteiger partial charge on any atom is -0.465 e. The Labute approximate surface area is 125 Å². The highest BCUT2D eigenvalue weighted by atomic mass is 19.1. The third kappa shape index (κ3) is 2.87. The zero-order valence-corrected chi connectivity index (χ0v) is 11.5. The van der Waals surface area contributed by atoms with Crippen molar-refractivity contribution in [3.8, 4) is 23.6 Å². The normalized spacial score (nSPS) is 9.45. The summed E-state index contributed by atoms with van der Waals surface area (Å²) in [6, 6.07) is 11.7. The first-order valence-corrected chi connectivity index (χ1v) is 6.09. The lowest BCUT2D eigenvalue weighted by Crippen LogP contribution is -2.02. The average Bonchev–Trinajstić information content (AvgIpc) is 2.55. The average molecular weight is 296 g/mol. The number of carbonyl (C=O) groups excluding carboxylic acids is 1. The van der Waals surface area contributed by atoms with Gasteiger partial charge in [0.1, 0.15) is 23.5 Å². The molecular weight excluding hydrogens is 287 g/mol. The van der Waals surface area contributed by atoms with E-state index in [4.69, 9.17) is 15.3 Å². The number of esters is 1. The largest absolute Gasteiger partial charge is 0.465 e. The summed E-state index contributed by atoms with van der Waals surface area (Å²) >= 11 is 0. The van der Waals surface area contributed by atoms with E-state index in [1.54, 1.807) is 0 Å². The highest BCUT2D eigenvalue weighted by molar-refractivity contribution is 5.89. The van der Waals surface area contributed by atoms with E-state index >= 15 is 0 Å². The number of ether oxygens (including phenoxy) is 2. The zero-order chi connectivity index (χ0) is 16.1. The van der Waals surface area contributed by atoms with E-state index in [2.05, 4.69) is 4.74 Å². The van der Waals surface area contributed by atoms with Crippen molar-refractivity contribution in [3.63, 3.8) is 0 Å². The molecule has 22 heavy (non-hydrogen) atoms. The molecular formula is C16H9FN2O3. The number of benzene rings is 2. The second-order valence-corrected chi connectivity index (χ2v) is 4.14. The first-order chi connectivity index (χ1) is 10.6. The van der Waals surface area contributed by atoms with Crippen molar-refractivity contribution in [2.75, 3.05) is 7.11 Å². The van der Waals surface area contributed by atoms with Gasteiger partial charge in [-0.05, 0) is 30.3 Å². The van der Waals surface area contributed by atoms with Crippen LogP contribution in [0.4, 0.5) is 4.39 Å². The predicted octanol–water partition coefficient (Wildman–Crippen LogP) is 3.15. The monoisotopic (exact) mass is 296 g/mol. The van der Waals surface area contributed by atoms with Crippen molar-refractivity contribution < 1.29 is 18.7 Å². The Bertz CT molecular complexity index is 819. The van der Waals surface area contributed by atoms with Gasteiger partial charge < -0.3 is 9.47 Å². The van der Waals surface area contributed by atoms with Crippen LogP contribution in [0.1, 0.15) is 21.5 Å². The van der Waals surface area contributed by atoms with Crippen LogP contribution >= 0.6 is 0 Å². The molecule has 0 saturated heterocycles. The molecule has 0 heterocycles. The van der Waals surface area contributed by atoms with E-state index < -0.39 is 11.8 Å². The summed E-state index contributed by atoms with van der Waals surface area (Å²) in [6.07, 6.45) is 0. The summed E-state index contributed by atoms with van der Waals surface area (Å²) in [7, 11) is 1.19. The van der Waals surface area contributed by atoms with Crippen LogP contribution in [0.25, 0.3) is 0 Å². The molecule has 0 aliphatic carbocycles. The fourth-order valence-corrected chi connectivity index (χ4v) is 1.77. The Morgan fingerprint density at radius 2 is 1.91 bits per heavy atom. The molecule has 0 atom stereocenters. The molecule has 0 N–H and O–H groups in total. The van der Waals surface area contributed by atoms with Crippen molar-refractivity contribution in [2.24, 2.45) is 0 Å². The molecule has 0 saturated carbocycles. The lowest BCUT2D eigenvalue weighted by molar-refractivity contribution is 0.0600. The zero-order valence-electron chi connectivity index (χ0n) is 11.5. The molecule has 0 amide bonds. The molecule has 0 spiro atoms. The van der Waals surface area contributed by atoms with Crippen molar-refractivity contribution in [3.05, 3.63) is 58.9 Å². The molecule has 0 aliphatic heterocycles. The van der Waals surface area contributed by atoms with Crippen molar-refractivity contribution in [1.82, 2.24) is 0 Å². The van der Waals surface area contributed by atoms with Gasteiger partial charge in [0, 0.05) is 0 Å². The van der Waals surface area contributed by atoms with Crippen LogP contribution in [0.3, 0.4) is 0 Å². The van der Waals surface area contributed by atoms with E-state index in [0.29, 0.717) is 0 Å². The van der Waals surface area contributed by atoms with E-state index in [1.165, 1.54) is 37.4 Å². The summed E-state index contributed by atoms with van der Waals surface area (Å²) in [4.78, 5) is 11.3. The topological polar surface area (TPSA) is 83.1 Å². The Balaban J connectivity index is 2.39. The standard InChI is InChI=1S/C16H9FN2O3/c1-21-16(20)10-5-6-15(13(17)7-10)22-14-4-2-3-11(8-18)12(14)9-19/h2-7H,1H3. The highest BCUT2D eigenvalue weighted by Crippen LogP contribution is 2.29. The Morgan fingerprint density at radius 1 is 1.14 bits per heavy atom. The number of nitriles is 2. The maximum atomic E-state index is 14.0.